The minimum absolute atomic E-state index is 0.171. The molecule has 94 valence electrons. The van der Waals surface area contributed by atoms with E-state index in [0.29, 0.717) is 36.0 Å². The number of rotatable bonds is 2. The number of anilines is 1. The molecule has 1 aliphatic heterocycles. The van der Waals surface area contributed by atoms with Gasteiger partial charge in [0.25, 0.3) is 0 Å². The summed E-state index contributed by atoms with van der Waals surface area (Å²) >= 11 is 0. The Morgan fingerprint density at radius 2 is 2.39 bits per heavy atom. The van der Waals surface area contributed by atoms with Gasteiger partial charge in [-0.3, -0.25) is 4.79 Å². The number of nitrogens with two attached hydrogens (primary N) is 1. The fourth-order valence-electron chi connectivity index (χ4n) is 2.34. The third-order valence-corrected chi connectivity index (χ3v) is 3.19. The van der Waals surface area contributed by atoms with Gasteiger partial charge in [0.15, 0.2) is 5.58 Å². The molecular formula is C13H15N3O2. The van der Waals surface area contributed by atoms with Crippen molar-refractivity contribution in [1.82, 2.24) is 9.88 Å². The minimum Gasteiger partial charge on any atom is -0.439 e. The SMILES string of the molecule is CC1CC(=O)N(Cc2nc3ccc(N)cc3o2)C1. The van der Waals surface area contributed by atoms with E-state index in [-0.39, 0.29) is 5.91 Å². The number of aromatic nitrogens is 1. The molecule has 1 saturated heterocycles. The van der Waals surface area contributed by atoms with E-state index in [1.807, 2.05) is 6.07 Å². The Morgan fingerprint density at radius 3 is 3.11 bits per heavy atom. The number of hydrogen-bond acceptors (Lipinski definition) is 4. The van der Waals surface area contributed by atoms with Gasteiger partial charge in [-0.15, -0.1) is 0 Å². The van der Waals surface area contributed by atoms with Crippen molar-refractivity contribution in [3.8, 4) is 0 Å². The largest absolute Gasteiger partial charge is 0.439 e. The number of fused-ring (bicyclic) bond motifs is 1. The molecule has 1 atom stereocenters. The molecule has 0 spiro atoms. The van der Waals surface area contributed by atoms with Crippen molar-refractivity contribution >= 4 is 22.7 Å². The Hall–Kier alpha value is -2.04. The van der Waals surface area contributed by atoms with Gasteiger partial charge in [-0.05, 0) is 18.1 Å². The van der Waals surface area contributed by atoms with Crippen LogP contribution in [0.25, 0.3) is 11.1 Å². The predicted molar refractivity (Wildman–Crippen MR) is 67.6 cm³/mol. The first kappa shape index (κ1) is 11.1. The van der Waals surface area contributed by atoms with E-state index < -0.39 is 0 Å². The fourth-order valence-corrected chi connectivity index (χ4v) is 2.34. The number of nitrogens with zero attached hydrogens (tertiary/aromatic N) is 2. The lowest BCUT2D eigenvalue weighted by molar-refractivity contribution is -0.128. The summed E-state index contributed by atoms with van der Waals surface area (Å²) in [7, 11) is 0. The van der Waals surface area contributed by atoms with Crippen molar-refractivity contribution in [2.75, 3.05) is 12.3 Å². The molecule has 1 unspecified atom stereocenters. The molecule has 2 N–H and O–H groups in total. The molecule has 5 nitrogen and oxygen atoms in total. The summed E-state index contributed by atoms with van der Waals surface area (Å²) in [6.45, 7) is 3.29. The average molecular weight is 245 g/mol. The Morgan fingerprint density at radius 1 is 1.56 bits per heavy atom. The van der Waals surface area contributed by atoms with Crippen LogP contribution in [0.5, 0.6) is 0 Å². The van der Waals surface area contributed by atoms with E-state index in [1.165, 1.54) is 0 Å². The van der Waals surface area contributed by atoms with Gasteiger partial charge in [0.05, 0.1) is 6.54 Å². The molecule has 2 aromatic rings. The van der Waals surface area contributed by atoms with Gasteiger partial charge in [-0.25, -0.2) is 4.98 Å². The number of carbonyl (C=O) groups is 1. The number of likely N-dealkylation sites (tertiary alicyclic amines) is 1. The monoisotopic (exact) mass is 245 g/mol. The van der Waals surface area contributed by atoms with Crippen LogP contribution < -0.4 is 5.73 Å². The molecule has 1 aromatic heterocycles. The van der Waals surface area contributed by atoms with Crippen LogP contribution in [0.1, 0.15) is 19.2 Å². The van der Waals surface area contributed by atoms with E-state index in [2.05, 4.69) is 11.9 Å². The highest BCUT2D eigenvalue weighted by atomic mass is 16.3. The van der Waals surface area contributed by atoms with Gasteiger partial charge in [0.2, 0.25) is 11.8 Å². The molecule has 0 bridgehead atoms. The van der Waals surface area contributed by atoms with Crippen LogP contribution in [0.4, 0.5) is 5.69 Å². The first-order valence-corrected chi connectivity index (χ1v) is 6.04. The first-order chi connectivity index (χ1) is 8.61. The molecule has 18 heavy (non-hydrogen) atoms. The highest BCUT2D eigenvalue weighted by Crippen LogP contribution is 2.22. The van der Waals surface area contributed by atoms with E-state index >= 15 is 0 Å². The van der Waals surface area contributed by atoms with Crippen molar-refractivity contribution in [1.29, 1.82) is 0 Å². The van der Waals surface area contributed by atoms with Gasteiger partial charge >= 0.3 is 0 Å². The number of oxazole rings is 1. The Labute approximate surface area is 105 Å². The lowest BCUT2D eigenvalue weighted by Gasteiger charge is -2.12. The fraction of sp³-hybridized carbons (Fsp3) is 0.385. The van der Waals surface area contributed by atoms with Gasteiger partial charge in [-0.1, -0.05) is 6.92 Å². The predicted octanol–water partition coefficient (Wildman–Crippen LogP) is 1.78. The van der Waals surface area contributed by atoms with Crippen LogP contribution in [-0.4, -0.2) is 22.3 Å². The normalized spacial score (nSPS) is 19.9. The zero-order valence-electron chi connectivity index (χ0n) is 10.2. The zero-order valence-corrected chi connectivity index (χ0v) is 10.2. The number of hydrogen-bond donors (Lipinski definition) is 1. The lowest BCUT2D eigenvalue weighted by atomic mass is 10.2. The second kappa shape index (κ2) is 4.01. The molecule has 2 heterocycles. The van der Waals surface area contributed by atoms with E-state index in [9.17, 15) is 4.79 Å². The molecule has 1 fully saturated rings. The van der Waals surface area contributed by atoms with E-state index in [1.54, 1.807) is 17.0 Å². The van der Waals surface area contributed by atoms with Crippen molar-refractivity contribution in [3.05, 3.63) is 24.1 Å². The summed E-state index contributed by atoms with van der Waals surface area (Å²) in [6, 6.07) is 5.37. The molecule has 0 radical (unpaired) electrons. The molecule has 0 saturated carbocycles. The maximum atomic E-state index is 11.7. The molecule has 5 heteroatoms. The first-order valence-electron chi connectivity index (χ1n) is 6.04. The number of carbonyl (C=O) groups excluding carboxylic acids is 1. The van der Waals surface area contributed by atoms with Crippen LogP contribution in [0.15, 0.2) is 22.6 Å². The molecule has 1 aromatic carbocycles. The summed E-state index contributed by atoms with van der Waals surface area (Å²) in [4.78, 5) is 17.8. The Balaban J connectivity index is 1.85. The Kier molecular flexibility index (Phi) is 2.47. The minimum atomic E-state index is 0.171. The van der Waals surface area contributed by atoms with Crippen LogP contribution in [0, 0.1) is 5.92 Å². The smallest absolute Gasteiger partial charge is 0.223 e. The number of amides is 1. The second-order valence-corrected chi connectivity index (χ2v) is 4.92. The number of benzene rings is 1. The second-order valence-electron chi connectivity index (χ2n) is 4.92. The van der Waals surface area contributed by atoms with Crippen LogP contribution >= 0.6 is 0 Å². The third-order valence-electron chi connectivity index (χ3n) is 3.19. The molecule has 3 rings (SSSR count). The molecular weight excluding hydrogens is 230 g/mol. The van der Waals surface area contributed by atoms with Crippen LogP contribution in [-0.2, 0) is 11.3 Å². The molecule has 1 aliphatic rings. The summed E-state index contributed by atoms with van der Waals surface area (Å²) in [5.74, 6) is 1.15. The highest BCUT2D eigenvalue weighted by Gasteiger charge is 2.27. The van der Waals surface area contributed by atoms with Crippen LogP contribution in [0.3, 0.4) is 0 Å². The van der Waals surface area contributed by atoms with Gasteiger partial charge in [0, 0.05) is 24.7 Å². The quantitative estimate of drug-likeness (QED) is 0.818. The van der Waals surface area contributed by atoms with Crippen molar-refractivity contribution in [2.24, 2.45) is 5.92 Å². The zero-order chi connectivity index (χ0) is 12.7. The molecule has 1 amide bonds. The number of nitrogen functional groups attached to an aromatic ring is 1. The van der Waals surface area contributed by atoms with Crippen molar-refractivity contribution < 1.29 is 9.21 Å². The standard InChI is InChI=1S/C13H15N3O2/c1-8-4-13(17)16(6-8)7-12-15-10-3-2-9(14)5-11(10)18-12/h2-3,5,8H,4,6-7,14H2,1H3. The van der Waals surface area contributed by atoms with Crippen molar-refractivity contribution in [2.45, 2.75) is 19.9 Å². The van der Waals surface area contributed by atoms with Gasteiger partial charge in [-0.2, -0.15) is 0 Å². The maximum absolute atomic E-state index is 11.7. The van der Waals surface area contributed by atoms with Gasteiger partial charge < -0.3 is 15.1 Å². The summed E-state index contributed by atoms with van der Waals surface area (Å²) < 4.78 is 5.61. The summed E-state index contributed by atoms with van der Waals surface area (Å²) in [5, 5.41) is 0. The third kappa shape index (κ3) is 1.92. The van der Waals surface area contributed by atoms with E-state index in [4.69, 9.17) is 10.2 Å². The summed E-state index contributed by atoms with van der Waals surface area (Å²) in [6.07, 6.45) is 0.618. The topological polar surface area (TPSA) is 72.4 Å². The lowest BCUT2D eigenvalue weighted by Crippen LogP contribution is -2.24. The molecule has 0 aliphatic carbocycles. The van der Waals surface area contributed by atoms with Crippen molar-refractivity contribution in [3.63, 3.8) is 0 Å². The maximum Gasteiger partial charge on any atom is 0.223 e. The Bertz CT molecular complexity index is 605. The summed E-state index contributed by atoms with van der Waals surface area (Å²) in [5.41, 5.74) is 7.78. The van der Waals surface area contributed by atoms with Crippen LogP contribution in [0.2, 0.25) is 0 Å². The average Bonchev–Trinajstić information content (AvgIpc) is 2.82. The highest BCUT2D eigenvalue weighted by molar-refractivity contribution is 5.79. The van der Waals surface area contributed by atoms with Gasteiger partial charge in [0.1, 0.15) is 5.52 Å². The van der Waals surface area contributed by atoms with E-state index in [0.717, 1.165) is 12.1 Å².